The van der Waals surface area contributed by atoms with Gasteiger partial charge in [0.2, 0.25) is 0 Å². The molecule has 1 heteroatoms. The Bertz CT molecular complexity index is 97.4. The summed E-state index contributed by atoms with van der Waals surface area (Å²) in [4.78, 5) is 0. The van der Waals surface area contributed by atoms with Crippen LogP contribution in [0.1, 0.15) is 53.4 Å². The first-order valence-electron chi connectivity index (χ1n) is 6.46. The lowest BCUT2D eigenvalue weighted by atomic mass is 9.19. The van der Waals surface area contributed by atoms with E-state index in [0.717, 1.165) is 0 Å². The van der Waals surface area contributed by atoms with Crippen molar-refractivity contribution in [2.75, 3.05) is 0 Å². The van der Waals surface area contributed by atoms with Gasteiger partial charge in [-0.2, -0.15) is 25.3 Å². The fourth-order valence-corrected chi connectivity index (χ4v) is 2.48. The lowest BCUT2D eigenvalue weighted by molar-refractivity contribution is 0.693. The standard InChI is InChI=1S/C12H28B/c1-5-9-10-11-12-13(6-2,7-3)8-4/h5-12H2,1-4H3/q-1. The van der Waals surface area contributed by atoms with Crippen LogP contribution < -0.4 is 0 Å². The van der Waals surface area contributed by atoms with Gasteiger partial charge in [-0.05, 0) is 6.15 Å². The van der Waals surface area contributed by atoms with Crippen LogP contribution in [0.2, 0.25) is 25.3 Å². The zero-order valence-electron chi connectivity index (χ0n) is 10.2. The summed E-state index contributed by atoms with van der Waals surface area (Å²) < 4.78 is 0. The Morgan fingerprint density at radius 1 is 0.692 bits per heavy atom. The SMILES string of the molecule is CCCCCC[B-](CC)(CC)CC. The van der Waals surface area contributed by atoms with Gasteiger partial charge in [0.05, 0.1) is 0 Å². The zero-order chi connectivity index (χ0) is 10.2. The molecule has 0 spiro atoms. The summed E-state index contributed by atoms with van der Waals surface area (Å²) in [5.74, 6) is 0. The lowest BCUT2D eigenvalue weighted by Gasteiger charge is -2.36. The molecule has 0 aromatic rings. The van der Waals surface area contributed by atoms with E-state index in [1.54, 1.807) is 0 Å². The van der Waals surface area contributed by atoms with Crippen molar-refractivity contribution in [2.24, 2.45) is 0 Å². The van der Waals surface area contributed by atoms with Gasteiger partial charge in [-0.25, -0.2) is 0 Å². The van der Waals surface area contributed by atoms with E-state index in [-0.39, 0.29) is 6.15 Å². The first kappa shape index (κ1) is 13.1. The van der Waals surface area contributed by atoms with Crippen LogP contribution in [-0.2, 0) is 0 Å². The molecule has 0 atom stereocenters. The Morgan fingerprint density at radius 3 is 1.62 bits per heavy atom. The summed E-state index contributed by atoms with van der Waals surface area (Å²) in [5, 5.41) is 0. The van der Waals surface area contributed by atoms with Crippen molar-refractivity contribution < 1.29 is 0 Å². The van der Waals surface area contributed by atoms with Gasteiger partial charge >= 0.3 is 0 Å². The van der Waals surface area contributed by atoms with Crippen LogP contribution in [0.4, 0.5) is 0 Å². The van der Waals surface area contributed by atoms with Crippen LogP contribution >= 0.6 is 0 Å². The highest BCUT2D eigenvalue weighted by Gasteiger charge is 2.17. The largest absolute Gasteiger partial charge is 0.181 e. The van der Waals surface area contributed by atoms with Crippen LogP contribution in [-0.4, -0.2) is 6.15 Å². The number of rotatable bonds is 8. The molecule has 0 rings (SSSR count). The van der Waals surface area contributed by atoms with Crippen LogP contribution in [0.3, 0.4) is 0 Å². The molecule has 0 fully saturated rings. The molecule has 0 aromatic heterocycles. The van der Waals surface area contributed by atoms with Crippen LogP contribution in [0.25, 0.3) is 0 Å². The first-order chi connectivity index (χ1) is 6.24. The maximum atomic E-state index is 2.38. The quantitative estimate of drug-likeness (QED) is 0.363. The van der Waals surface area contributed by atoms with Gasteiger partial charge in [-0.3, -0.25) is 0 Å². The van der Waals surface area contributed by atoms with E-state index in [1.165, 1.54) is 51.0 Å². The number of hydrogen-bond acceptors (Lipinski definition) is 0. The molecule has 80 valence electrons. The van der Waals surface area contributed by atoms with Crippen LogP contribution in [0.5, 0.6) is 0 Å². The third-order valence-corrected chi connectivity index (χ3v) is 4.27. The van der Waals surface area contributed by atoms with Crippen molar-refractivity contribution in [2.45, 2.75) is 78.7 Å². The summed E-state index contributed by atoms with van der Waals surface area (Å²) in [6.45, 7) is 9.43. The van der Waals surface area contributed by atoms with Crippen molar-refractivity contribution in [1.29, 1.82) is 0 Å². The smallest absolute Gasteiger partial charge is 0.000221 e. The lowest BCUT2D eigenvalue weighted by Crippen LogP contribution is -2.30. The maximum Gasteiger partial charge on any atom is -0.000221 e. The topological polar surface area (TPSA) is 0 Å². The molecule has 0 heterocycles. The van der Waals surface area contributed by atoms with Crippen LogP contribution in [0.15, 0.2) is 0 Å². The second-order valence-electron chi connectivity index (χ2n) is 4.81. The van der Waals surface area contributed by atoms with Gasteiger partial charge in [-0.1, -0.05) is 53.4 Å². The monoisotopic (exact) mass is 183 g/mol. The van der Waals surface area contributed by atoms with E-state index in [9.17, 15) is 0 Å². The van der Waals surface area contributed by atoms with Crippen molar-refractivity contribution in [3.05, 3.63) is 0 Å². The molecule has 0 aliphatic rings. The van der Waals surface area contributed by atoms with E-state index >= 15 is 0 Å². The Morgan fingerprint density at radius 2 is 1.23 bits per heavy atom. The second kappa shape index (κ2) is 7.47. The fourth-order valence-electron chi connectivity index (χ4n) is 2.48. The Hall–Kier alpha value is 0.0649. The number of hydrogen-bond donors (Lipinski definition) is 0. The maximum absolute atomic E-state index is 2.38. The molecular formula is C12H28B-. The highest BCUT2D eigenvalue weighted by atomic mass is 14.0. The molecule has 0 N–H and O–H groups in total. The minimum Gasteiger partial charge on any atom is -0.181 e. The third kappa shape index (κ3) is 4.74. The van der Waals surface area contributed by atoms with E-state index in [1.807, 2.05) is 0 Å². The van der Waals surface area contributed by atoms with Crippen molar-refractivity contribution in [3.63, 3.8) is 0 Å². The van der Waals surface area contributed by atoms with Crippen molar-refractivity contribution in [1.82, 2.24) is 0 Å². The molecule has 0 unspecified atom stereocenters. The van der Waals surface area contributed by atoms with Gasteiger partial charge in [0, 0.05) is 0 Å². The van der Waals surface area contributed by atoms with Crippen molar-refractivity contribution in [3.8, 4) is 0 Å². The average molecular weight is 183 g/mol. The Kier molecular flexibility index (Phi) is 7.50. The Balaban J connectivity index is 3.68. The normalized spacial score (nSPS) is 12.0. The molecule has 13 heavy (non-hydrogen) atoms. The highest BCUT2D eigenvalue weighted by Crippen LogP contribution is 2.27. The van der Waals surface area contributed by atoms with E-state index in [2.05, 4.69) is 27.7 Å². The van der Waals surface area contributed by atoms with Gasteiger partial charge in [0.25, 0.3) is 0 Å². The minimum absolute atomic E-state index is 0.0256. The molecule has 0 nitrogen and oxygen atoms in total. The van der Waals surface area contributed by atoms with Gasteiger partial charge in [-0.15, -0.1) is 0 Å². The predicted octanol–water partition coefficient (Wildman–Crippen LogP) is 5.08. The molecule has 0 bridgehead atoms. The molecule has 0 saturated carbocycles. The molecule has 0 amide bonds. The minimum atomic E-state index is 0.0256. The van der Waals surface area contributed by atoms with E-state index < -0.39 is 0 Å². The Labute approximate surface area is 85.4 Å². The van der Waals surface area contributed by atoms with Gasteiger partial charge in [0.1, 0.15) is 0 Å². The molecule has 0 aliphatic carbocycles. The first-order valence-corrected chi connectivity index (χ1v) is 6.46. The predicted molar refractivity (Wildman–Crippen MR) is 66.1 cm³/mol. The molecular weight excluding hydrogens is 155 g/mol. The summed E-state index contributed by atoms with van der Waals surface area (Å²) >= 11 is 0. The summed E-state index contributed by atoms with van der Waals surface area (Å²) in [6, 6.07) is 0. The second-order valence-corrected chi connectivity index (χ2v) is 4.81. The van der Waals surface area contributed by atoms with Crippen LogP contribution in [0, 0.1) is 0 Å². The summed E-state index contributed by atoms with van der Waals surface area (Å²) in [7, 11) is 0. The average Bonchev–Trinajstić information content (AvgIpc) is 2.20. The van der Waals surface area contributed by atoms with Gasteiger partial charge in [0.15, 0.2) is 0 Å². The molecule has 0 aromatic carbocycles. The zero-order valence-corrected chi connectivity index (χ0v) is 10.2. The summed E-state index contributed by atoms with van der Waals surface area (Å²) in [6.07, 6.45) is 11.6. The number of unbranched alkanes of at least 4 members (excludes halogenated alkanes) is 3. The van der Waals surface area contributed by atoms with Crippen molar-refractivity contribution >= 4 is 6.15 Å². The third-order valence-electron chi connectivity index (χ3n) is 4.27. The van der Waals surface area contributed by atoms with E-state index in [0.29, 0.717) is 0 Å². The fraction of sp³-hybridized carbons (Fsp3) is 1.00. The summed E-state index contributed by atoms with van der Waals surface area (Å²) in [5.41, 5.74) is 0. The molecule has 0 radical (unpaired) electrons. The van der Waals surface area contributed by atoms with Gasteiger partial charge < -0.3 is 0 Å². The van der Waals surface area contributed by atoms with E-state index in [4.69, 9.17) is 0 Å². The molecule has 0 saturated heterocycles. The molecule has 0 aliphatic heterocycles. The highest BCUT2D eigenvalue weighted by molar-refractivity contribution is 6.79.